The van der Waals surface area contributed by atoms with Crippen LogP contribution in [-0.2, 0) is 4.79 Å². The maximum absolute atomic E-state index is 13.2. The van der Waals surface area contributed by atoms with Crippen molar-refractivity contribution in [3.63, 3.8) is 0 Å². The van der Waals surface area contributed by atoms with Crippen LogP contribution in [0, 0.1) is 17.3 Å². The second kappa shape index (κ2) is 7.19. The van der Waals surface area contributed by atoms with Gasteiger partial charge in [0.2, 0.25) is 5.91 Å². The predicted molar refractivity (Wildman–Crippen MR) is 113 cm³/mol. The highest BCUT2D eigenvalue weighted by Crippen LogP contribution is 2.62. The lowest BCUT2D eigenvalue weighted by molar-refractivity contribution is -0.172. The molecule has 6 rings (SSSR count). The monoisotopic (exact) mass is 398 g/mol. The van der Waals surface area contributed by atoms with Gasteiger partial charge >= 0.3 is 0 Å². The SMILES string of the molecule is CCOc1ccccc1N1CCN(C(=O)CC23CC4CC(CC(O)(C4)C2)C3)CC1. The summed E-state index contributed by atoms with van der Waals surface area (Å²) < 4.78 is 5.79. The number of benzene rings is 1. The number of nitrogens with zero attached hydrogens (tertiary/aromatic N) is 2. The van der Waals surface area contributed by atoms with Crippen LogP contribution in [0.1, 0.15) is 51.9 Å². The maximum Gasteiger partial charge on any atom is 0.223 e. The van der Waals surface area contributed by atoms with E-state index in [4.69, 9.17) is 4.74 Å². The summed E-state index contributed by atoms with van der Waals surface area (Å²) in [7, 11) is 0. The first-order valence-electron chi connectivity index (χ1n) is 11.4. The fourth-order valence-corrected chi connectivity index (χ4v) is 7.23. The molecule has 0 aromatic heterocycles. The number of ether oxygens (including phenoxy) is 1. The number of anilines is 1. The zero-order chi connectivity index (χ0) is 20.1. The molecular weight excluding hydrogens is 364 g/mol. The Labute approximate surface area is 174 Å². The van der Waals surface area contributed by atoms with Gasteiger partial charge in [0.25, 0.3) is 0 Å². The van der Waals surface area contributed by atoms with Crippen LogP contribution < -0.4 is 9.64 Å². The first-order valence-corrected chi connectivity index (χ1v) is 11.4. The molecule has 1 saturated heterocycles. The minimum Gasteiger partial charge on any atom is -0.492 e. The highest BCUT2D eigenvalue weighted by molar-refractivity contribution is 5.77. The molecule has 5 fully saturated rings. The van der Waals surface area contributed by atoms with Crippen molar-refractivity contribution < 1.29 is 14.6 Å². The third-order valence-corrected chi connectivity index (χ3v) is 7.82. The predicted octanol–water partition coefficient (Wildman–Crippen LogP) is 3.46. The number of hydrogen-bond donors (Lipinski definition) is 1. The normalized spacial score (nSPS) is 35.8. The van der Waals surface area contributed by atoms with Crippen molar-refractivity contribution in [2.75, 3.05) is 37.7 Å². The van der Waals surface area contributed by atoms with E-state index in [1.807, 2.05) is 25.1 Å². The molecule has 158 valence electrons. The largest absolute Gasteiger partial charge is 0.492 e. The van der Waals surface area contributed by atoms with Gasteiger partial charge in [0.1, 0.15) is 5.75 Å². The van der Waals surface area contributed by atoms with E-state index in [1.165, 1.54) is 6.42 Å². The summed E-state index contributed by atoms with van der Waals surface area (Å²) in [5, 5.41) is 11.0. The third-order valence-electron chi connectivity index (χ3n) is 7.82. The molecule has 1 aromatic carbocycles. The first kappa shape index (κ1) is 19.2. The number of amides is 1. The van der Waals surface area contributed by atoms with Crippen molar-refractivity contribution in [2.24, 2.45) is 17.3 Å². The molecule has 4 aliphatic carbocycles. The zero-order valence-corrected chi connectivity index (χ0v) is 17.6. The van der Waals surface area contributed by atoms with Gasteiger partial charge in [0.05, 0.1) is 17.9 Å². The minimum atomic E-state index is -0.480. The van der Waals surface area contributed by atoms with Crippen LogP contribution >= 0.6 is 0 Å². The van der Waals surface area contributed by atoms with Gasteiger partial charge < -0.3 is 19.6 Å². The Morgan fingerprint density at radius 2 is 1.79 bits per heavy atom. The van der Waals surface area contributed by atoms with E-state index in [2.05, 4.69) is 15.9 Å². The number of rotatable bonds is 5. The molecule has 0 radical (unpaired) electrons. The van der Waals surface area contributed by atoms with Crippen LogP contribution in [0.25, 0.3) is 0 Å². The topological polar surface area (TPSA) is 53.0 Å². The third kappa shape index (κ3) is 3.63. The average Bonchev–Trinajstić information content (AvgIpc) is 2.66. The molecule has 1 heterocycles. The van der Waals surface area contributed by atoms with Crippen LogP contribution in [-0.4, -0.2) is 54.3 Å². The fourth-order valence-electron chi connectivity index (χ4n) is 7.23. The van der Waals surface area contributed by atoms with E-state index in [0.717, 1.165) is 69.7 Å². The molecular formula is C24H34N2O3. The summed E-state index contributed by atoms with van der Waals surface area (Å²) in [6, 6.07) is 8.19. The Hall–Kier alpha value is -1.75. The van der Waals surface area contributed by atoms with E-state index in [-0.39, 0.29) is 5.41 Å². The lowest BCUT2D eigenvalue weighted by Crippen LogP contribution is -2.57. The molecule has 1 aromatic rings. The summed E-state index contributed by atoms with van der Waals surface area (Å²) in [6.45, 7) is 5.90. The van der Waals surface area contributed by atoms with E-state index >= 15 is 0 Å². The first-order chi connectivity index (χ1) is 14.0. The van der Waals surface area contributed by atoms with Crippen LogP contribution in [0.2, 0.25) is 0 Å². The number of aliphatic hydroxyl groups is 1. The molecule has 4 saturated carbocycles. The molecule has 29 heavy (non-hydrogen) atoms. The molecule has 1 amide bonds. The Morgan fingerprint density at radius 1 is 1.10 bits per heavy atom. The molecule has 2 atom stereocenters. The van der Waals surface area contributed by atoms with E-state index in [0.29, 0.717) is 30.8 Å². The molecule has 2 unspecified atom stereocenters. The smallest absolute Gasteiger partial charge is 0.223 e. The maximum atomic E-state index is 13.2. The standard InChI is InChI=1S/C24H34N2O3/c1-2-29-21-6-4-3-5-20(21)25-7-9-26(10-8-25)22(27)16-23-12-18-11-19(13-23)15-24(28,14-18)17-23/h3-6,18-19,28H,2,7-17H2,1H3. The van der Waals surface area contributed by atoms with Gasteiger partial charge in [-0.05, 0) is 74.8 Å². The molecule has 5 nitrogen and oxygen atoms in total. The van der Waals surface area contributed by atoms with Crippen molar-refractivity contribution in [3.05, 3.63) is 24.3 Å². The lowest BCUT2D eigenvalue weighted by atomic mass is 9.47. The number of carbonyl (C=O) groups is 1. The second-order valence-corrected chi connectivity index (χ2v) is 10.1. The molecule has 5 aliphatic rings. The van der Waals surface area contributed by atoms with Gasteiger partial charge in [-0.1, -0.05) is 12.1 Å². The quantitative estimate of drug-likeness (QED) is 0.825. The van der Waals surface area contributed by atoms with Crippen LogP contribution in [0.5, 0.6) is 5.75 Å². The number of carbonyl (C=O) groups excluding carboxylic acids is 1. The number of hydrogen-bond acceptors (Lipinski definition) is 4. The Kier molecular flexibility index (Phi) is 4.77. The molecule has 1 N–H and O–H groups in total. The molecule has 1 aliphatic heterocycles. The van der Waals surface area contributed by atoms with Crippen LogP contribution in [0.4, 0.5) is 5.69 Å². The van der Waals surface area contributed by atoms with Gasteiger partial charge in [0.15, 0.2) is 0 Å². The molecule has 0 spiro atoms. The van der Waals surface area contributed by atoms with Crippen LogP contribution in [0.15, 0.2) is 24.3 Å². The van der Waals surface area contributed by atoms with E-state index in [9.17, 15) is 9.90 Å². The summed E-state index contributed by atoms with van der Waals surface area (Å²) in [6.07, 6.45) is 7.00. The molecule has 4 bridgehead atoms. The number of para-hydroxylation sites is 2. The van der Waals surface area contributed by atoms with E-state index in [1.54, 1.807) is 0 Å². The second-order valence-electron chi connectivity index (χ2n) is 10.1. The summed E-state index contributed by atoms with van der Waals surface area (Å²) in [5.41, 5.74) is 0.713. The van der Waals surface area contributed by atoms with Gasteiger partial charge in [-0.2, -0.15) is 0 Å². The van der Waals surface area contributed by atoms with E-state index < -0.39 is 5.60 Å². The number of piperazine rings is 1. The van der Waals surface area contributed by atoms with Gasteiger partial charge in [0, 0.05) is 32.6 Å². The lowest BCUT2D eigenvalue weighted by Gasteiger charge is -2.60. The van der Waals surface area contributed by atoms with Crippen molar-refractivity contribution in [1.29, 1.82) is 0 Å². The van der Waals surface area contributed by atoms with Crippen molar-refractivity contribution >= 4 is 11.6 Å². The fraction of sp³-hybridized carbons (Fsp3) is 0.708. The Bertz CT molecular complexity index is 757. The minimum absolute atomic E-state index is 0.0641. The van der Waals surface area contributed by atoms with Crippen LogP contribution in [0.3, 0.4) is 0 Å². The van der Waals surface area contributed by atoms with Crippen molar-refractivity contribution in [1.82, 2.24) is 4.90 Å². The van der Waals surface area contributed by atoms with Crippen molar-refractivity contribution in [3.8, 4) is 5.75 Å². The summed E-state index contributed by atoms with van der Waals surface area (Å²) in [5.74, 6) is 2.51. The summed E-state index contributed by atoms with van der Waals surface area (Å²) >= 11 is 0. The Balaban J connectivity index is 1.21. The molecule has 5 heteroatoms. The van der Waals surface area contributed by atoms with Gasteiger partial charge in [-0.15, -0.1) is 0 Å². The van der Waals surface area contributed by atoms with Crippen molar-refractivity contribution in [2.45, 2.75) is 57.5 Å². The average molecular weight is 399 g/mol. The van der Waals surface area contributed by atoms with Gasteiger partial charge in [-0.3, -0.25) is 4.79 Å². The Morgan fingerprint density at radius 3 is 2.45 bits per heavy atom. The van der Waals surface area contributed by atoms with Gasteiger partial charge in [-0.25, -0.2) is 0 Å². The zero-order valence-electron chi connectivity index (χ0n) is 17.6. The summed E-state index contributed by atoms with van der Waals surface area (Å²) in [4.78, 5) is 17.6. The highest BCUT2D eigenvalue weighted by atomic mass is 16.5. The highest BCUT2D eigenvalue weighted by Gasteiger charge is 2.57.